The van der Waals surface area contributed by atoms with Crippen LogP contribution in [-0.2, 0) is 11.2 Å². The highest BCUT2D eigenvalue weighted by Gasteiger charge is 2.35. The Morgan fingerprint density at radius 3 is 2.74 bits per heavy atom. The molecule has 1 fully saturated rings. The Morgan fingerprint density at radius 1 is 1.30 bits per heavy atom. The fourth-order valence-electron chi connectivity index (χ4n) is 2.91. The van der Waals surface area contributed by atoms with Crippen molar-refractivity contribution in [2.45, 2.75) is 26.2 Å². The first-order valence-electron chi connectivity index (χ1n) is 7.92. The topological polar surface area (TPSA) is 75.0 Å². The molecule has 1 aromatic rings. The molecule has 0 atom stereocenters. The molecule has 0 aliphatic carbocycles. The molecule has 1 aromatic heterocycles. The van der Waals surface area contributed by atoms with Crippen molar-refractivity contribution in [1.29, 1.82) is 0 Å². The van der Waals surface area contributed by atoms with Gasteiger partial charge in [0, 0.05) is 19.2 Å². The van der Waals surface area contributed by atoms with Crippen molar-refractivity contribution >= 4 is 11.8 Å². The Morgan fingerprint density at radius 2 is 2.04 bits per heavy atom. The van der Waals surface area contributed by atoms with Crippen molar-refractivity contribution in [3.63, 3.8) is 0 Å². The number of hydrazine groups is 1. The molecule has 2 aliphatic rings. The molecule has 7 heteroatoms. The maximum absolute atomic E-state index is 12.4. The number of nitrogens with zero attached hydrogens (tertiary/aromatic N) is 2. The first-order valence-corrected chi connectivity index (χ1v) is 7.92. The molecule has 3 rings (SSSR count). The molecule has 7 nitrogen and oxygen atoms in total. The highest BCUT2D eigenvalue weighted by molar-refractivity contribution is 6.03. The summed E-state index contributed by atoms with van der Waals surface area (Å²) in [5.41, 5.74) is 0.703. The number of hydrogen-bond donors (Lipinski definition) is 1. The van der Waals surface area contributed by atoms with Crippen LogP contribution in [0.4, 0.5) is 5.88 Å². The summed E-state index contributed by atoms with van der Waals surface area (Å²) in [6.07, 6.45) is 2.56. The summed E-state index contributed by atoms with van der Waals surface area (Å²) < 4.78 is 10.8. The number of aryl methyl sites for hydroxylation is 1. The fraction of sp³-hybridized carbons (Fsp3) is 0.500. The van der Waals surface area contributed by atoms with Crippen LogP contribution in [0.15, 0.2) is 27.7 Å². The van der Waals surface area contributed by atoms with Gasteiger partial charge in [-0.3, -0.25) is 4.79 Å². The smallest absolute Gasteiger partial charge is 0.337 e. The maximum atomic E-state index is 12.4. The van der Waals surface area contributed by atoms with E-state index in [0.717, 1.165) is 18.4 Å². The molecule has 1 amide bonds. The van der Waals surface area contributed by atoms with Crippen molar-refractivity contribution in [3.8, 4) is 0 Å². The summed E-state index contributed by atoms with van der Waals surface area (Å²) in [7, 11) is 0. The van der Waals surface area contributed by atoms with Gasteiger partial charge in [-0.2, -0.15) is 0 Å². The zero-order chi connectivity index (χ0) is 16.4. The van der Waals surface area contributed by atoms with Crippen molar-refractivity contribution < 1.29 is 13.9 Å². The molecule has 0 saturated carbocycles. The summed E-state index contributed by atoms with van der Waals surface area (Å²) in [5.74, 6) is 0.379. The van der Waals surface area contributed by atoms with E-state index >= 15 is 0 Å². The minimum Gasteiger partial charge on any atom is -0.404 e. The summed E-state index contributed by atoms with van der Waals surface area (Å²) in [6.45, 7) is 8.39. The van der Waals surface area contributed by atoms with Gasteiger partial charge < -0.3 is 14.5 Å². The van der Waals surface area contributed by atoms with E-state index in [1.165, 1.54) is 6.07 Å². The van der Waals surface area contributed by atoms with E-state index in [-0.39, 0.29) is 11.8 Å². The van der Waals surface area contributed by atoms with Crippen LogP contribution in [0, 0.1) is 0 Å². The number of amides is 1. The molecule has 23 heavy (non-hydrogen) atoms. The Bertz CT molecular complexity index is 676. The average molecular weight is 319 g/mol. The van der Waals surface area contributed by atoms with Gasteiger partial charge in [0.15, 0.2) is 0 Å². The molecule has 0 aromatic carbocycles. The predicted octanol–water partition coefficient (Wildman–Crippen LogP) is 1.25. The first-order chi connectivity index (χ1) is 11.1. The second kappa shape index (κ2) is 6.55. The molecular weight excluding hydrogens is 298 g/mol. The predicted molar refractivity (Wildman–Crippen MR) is 85.1 cm³/mol. The zero-order valence-corrected chi connectivity index (χ0v) is 13.3. The molecule has 0 bridgehead atoms. The van der Waals surface area contributed by atoms with Crippen LogP contribution >= 0.6 is 0 Å². The van der Waals surface area contributed by atoms with Gasteiger partial charge in [-0.15, -0.1) is 0 Å². The van der Waals surface area contributed by atoms with E-state index < -0.39 is 5.63 Å². The van der Waals surface area contributed by atoms with Crippen molar-refractivity contribution in [3.05, 3.63) is 40.0 Å². The average Bonchev–Trinajstić information content (AvgIpc) is 2.53. The molecule has 0 spiro atoms. The van der Waals surface area contributed by atoms with Gasteiger partial charge in [-0.05, 0) is 18.4 Å². The second-order valence-electron chi connectivity index (χ2n) is 5.65. The van der Waals surface area contributed by atoms with Crippen LogP contribution in [-0.4, -0.2) is 37.2 Å². The lowest BCUT2D eigenvalue weighted by molar-refractivity contribution is 0.0317. The number of ether oxygens (including phenoxy) is 1. The summed E-state index contributed by atoms with van der Waals surface area (Å²) in [6, 6.07) is 1.42. The Labute approximate surface area is 134 Å². The van der Waals surface area contributed by atoms with Gasteiger partial charge in [0.1, 0.15) is 11.4 Å². The van der Waals surface area contributed by atoms with Crippen LogP contribution < -0.4 is 16.0 Å². The Hall–Kier alpha value is -2.12. The number of nitrogens with one attached hydrogen (secondary N) is 1. The lowest BCUT2D eigenvalue weighted by Gasteiger charge is -2.40. The van der Waals surface area contributed by atoms with Crippen molar-refractivity contribution in [2.75, 3.05) is 31.3 Å². The van der Waals surface area contributed by atoms with Crippen LogP contribution in [0.1, 0.15) is 35.7 Å². The second-order valence-corrected chi connectivity index (χ2v) is 5.65. The summed E-state index contributed by atoms with van der Waals surface area (Å²) >= 11 is 0. The van der Waals surface area contributed by atoms with Gasteiger partial charge in [-0.25, -0.2) is 14.8 Å². The number of rotatable bonds is 4. The standard InChI is InChI=1S/C16H21N3O4/c1-3-4-5-12-10-13(20)23-16-14(12)15(21)17-11(2)19(16)18-6-8-22-9-7-18/h10H,2-9H2,1H3,(H,17,21). The molecular formula is C16H21N3O4. The minimum atomic E-state index is -0.449. The number of carbonyl (C=O) groups is 1. The van der Waals surface area contributed by atoms with E-state index in [0.29, 0.717) is 44.1 Å². The SMILES string of the molecule is C=C1NC(=O)c2c(CCCC)cc(=O)oc2N1N1CCOCC1. The maximum Gasteiger partial charge on any atom is 0.337 e. The van der Waals surface area contributed by atoms with Gasteiger partial charge in [0.05, 0.1) is 13.2 Å². The molecule has 3 heterocycles. The van der Waals surface area contributed by atoms with Crippen molar-refractivity contribution in [1.82, 2.24) is 10.3 Å². The van der Waals surface area contributed by atoms with Crippen LogP contribution in [0.5, 0.6) is 0 Å². The number of anilines is 1. The van der Waals surface area contributed by atoms with Gasteiger partial charge in [-0.1, -0.05) is 19.9 Å². The highest BCUT2D eigenvalue weighted by atomic mass is 16.5. The fourth-order valence-corrected chi connectivity index (χ4v) is 2.91. The zero-order valence-electron chi connectivity index (χ0n) is 13.3. The number of fused-ring (bicyclic) bond motifs is 1. The third kappa shape index (κ3) is 3.02. The number of morpholine rings is 1. The van der Waals surface area contributed by atoms with Crippen LogP contribution in [0.3, 0.4) is 0 Å². The molecule has 2 aliphatic heterocycles. The van der Waals surface area contributed by atoms with E-state index in [1.807, 2.05) is 5.01 Å². The van der Waals surface area contributed by atoms with Crippen LogP contribution in [0.25, 0.3) is 0 Å². The molecule has 124 valence electrons. The quantitative estimate of drug-likeness (QED) is 0.900. The Balaban J connectivity index is 2.07. The number of carbonyl (C=O) groups excluding carboxylic acids is 1. The van der Waals surface area contributed by atoms with E-state index in [9.17, 15) is 9.59 Å². The van der Waals surface area contributed by atoms with Crippen molar-refractivity contribution in [2.24, 2.45) is 0 Å². The molecule has 1 saturated heterocycles. The van der Waals surface area contributed by atoms with E-state index in [1.54, 1.807) is 5.01 Å². The molecule has 1 N–H and O–H groups in total. The van der Waals surface area contributed by atoms with Gasteiger partial charge >= 0.3 is 5.63 Å². The Kier molecular flexibility index (Phi) is 4.49. The van der Waals surface area contributed by atoms with Gasteiger partial charge in [0.2, 0.25) is 5.88 Å². The van der Waals surface area contributed by atoms with E-state index in [2.05, 4.69) is 18.8 Å². The molecule has 0 unspecified atom stereocenters. The third-order valence-electron chi connectivity index (χ3n) is 4.03. The summed E-state index contributed by atoms with van der Waals surface area (Å²) in [5, 5.41) is 6.43. The monoisotopic (exact) mass is 319 g/mol. The largest absolute Gasteiger partial charge is 0.404 e. The minimum absolute atomic E-state index is 0.263. The number of hydrogen-bond acceptors (Lipinski definition) is 6. The lowest BCUT2D eigenvalue weighted by atomic mass is 10.0. The third-order valence-corrected chi connectivity index (χ3v) is 4.03. The highest BCUT2D eigenvalue weighted by Crippen LogP contribution is 2.31. The lowest BCUT2D eigenvalue weighted by Crippen LogP contribution is -2.54. The van der Waals surface area contributed by atoms with Gasteiger partial charge in [0.25, 0.3) is 5.91 Å². The van der Waals surface area contributed by atoms with Crippen LogP contribution in [0.2, 0.25) is 0 Å². The summed E-state index contributed by atoms with van der Waals surface area (Å²) in [4.78, 5) is 24.4. The number of unbranched alkanes of at least 4 members (excludes halogenated alkanes) is 1. The normalized spacial score (nSPS) is 18.7. The first kappa shape index (κ1) is 15.8. The van der Waals surface area contributed by atoms with E-state index in [4.69, 9.17) is 9.15 Å². The molecule has 0 radical (unpaired) electrons.